The summed E-state index contributed by atoms with van der Waals surface area (Å²) >= 11 is 17.8. The Labute approximate surface area is 159 Å². The molecule has 25 heavy (non-hydrogen) atoms. The van der Waals surface area contributed by atoms with Crippen molar-refractivity contribution in [1.29, 1.82) is 0 Å². The van der Waals surface area contributed by atoms with Crippen molar-refractivity contribution in [2.75, 3.05) is 18.5 Å². The summed E-state index contributed by atoms with van der Waals surface area (Å²) in [5, 5.41) is 3.40. The Hall–Kier alpha value is -1.95. The number of nitrogens with one attached hydrogen (secondary N) is 1. The third kappa shape index (κ3) is 5.81. The Morgan fingerprint density at radius 3 is 2.56 bits per heavy atom. The molecule has 1 N–H and O–H groups in total. The molecule has 0 aliphatic heterocycles. The van der Waals surface area contributed by atoms with Gasteiger partial charge in [-0.15, -0.1) is 0 Å². The van der Waals surface area contributed by atoms with E-state index >= 15 is 0 Å². The quantitative estimate of drug-likeness (QED) is 0.722. The Morgan fingerprint density at radius 1 is 1.04 bits per heavy atom. The number of anilines is 1. The minimum absolute atomic E-state index is 0.210. The number of rotatable bonds is 6. The predicted octanol–water partition coefficient (Wildman–Crippen LogP) is 4.52. The van der Waals surface area contributed by atoms with Gasteiger partial charge >= 0.3 is 5.97 Å². The van der Waals surface area contributed by atoms with E-state index in [1.54, 1.807) is 30.3 Å². The molecule has 0 spiro atoms. The first kappa shape index (κ1) is 19.4. The van der Waals surface area contributed by atoms with E-state index in [0.717, 1.165) is 5.56 Å². The second kappa shape index (κ2) is 8.94. The summed E-state index contributed by atoms with van der Waals surface area (Å²) in [6.07, 6.45) is 0. The van der Waals surface area contributed by atoms with Crippen LogP contribution < -0.4 is 10.1 Å². The molecule has 0 aliphatic rings. The zero-order chi connectivity index (χ0) is 18.4. The second-order valence-electron chi connectivity index (χ2n) is 5.03. The largest absolute Gasteiger partial charge is 0.480 e. The summed E-state index contributed by atoms with van der Waals surface area (Å²) in [5.74, 6) is -0.884. The highest BCUT2D eigenvalue weighted by Crippen LogP contribution is 2.29. The summed E-state index contributed by atoms with van der Waals surface area (Å²) in [6.45, 7) is 1.02. The van der Waals surface area contributed by atoms with Gasteiger partial charge in [0, 0.05) is 0 Å². The standard InChI is InChI=1S/C17H14Cl3NO4/c1-10-5-6-11(18)14(7-10)24-9-16(23)25-8-15(22)21-13-4-2-3-12(19)17(13)20/h2-7H,8-9H2,1H3,(H,21,22). The Kier molecular flexibility index (Phi) is 6.93. The molecule has 1 amide bonds. The molecule has 0 aliphatic carbocycles. The van der Waals surface area contributed by atoms with E-state index < -0.39 is 18.5 Å². The summed E-state index contributed by atoms with van der Waals surface area (Å²) in [5.41, 5.74) is 1.27. The van der Waals surface area contributed by atoms with Gasteiger partial charge in [-0.2, -0.15) is 0 Å². The fraction of sp³-hybridized carbons (Fsp3) is 0.176. The van der Waals surface area contributed by atoms with Crippen molar-refractivity contribution < 1.29 is 19.1 Å². The van der Waals surface area contributed by atoms with Crippen LogP contribution in [0.3, 0.4) is 0 Å². The fourth-order valence-electron chi connectivity index (χ4n) is 1.83. The molecule has 2 aromatic rings. The maximum atomic E-state index is 11.8. The van der Waals surface area contributed by atoms with Gasteiger partial charge in [0.2, 0.25) is 0 Å². The highest BCUT2D eigenvalue weighted by atomic mass is 35.5. The topological polar surface area (TPSA) is 64.6 Å². The molecule has 0 saturated carbocycles. The van der Waals surface area contributed by atoms with E-state index in [1.807, 2.05) is 13.0 Å². The molecule has 0 bridgehead atoms. The van der Waals surface area contributed by atoms with E-state index in [0.29, 0.717) is 21.5 Å². The van der Waals surface area contributed by atoms with Gasteiger partial charge in [-0.1, -0.05) is 46.9 Å². The lowest BCUT2D eigenvalue weighted by atomic mass is 10.2. The van der Waals surface area contributed by atoms with Gasteiger partial charge in [0.1, 0.15) is 5.75 Å². The highest BCUT2D eigenvalue weighted by molar-refractivity contribution is 6.44. The molecule has 5 nitrogen and oxygen atoms in total. The first-order chi connectivity index (χ1) is 11.9. The van der Waals surface area contributed by atoms with Crippen molar-refractivity contribution in [1.82, 2.24) is 0 Å². The van der Waals surface area contributed by atoms with Gasteiger partial charge in [0.05, 0.1) is 20.8 Å². The maximum absolute atomic E-state index is 11.8. The molecule has 132 valence electrons. The lowest BCUT2D eigenvalue weighted by Crippen LogP contribution is -2.23. The number of benzene rings is 2. The second-order valence-corrected chi connectivity index (χ2v) is 6.23. The van der Waals surface area contributed by atoms with E-state index in [9.17, 15) is 9.59 Å². The number of hydrogen-bond acceptors (Lipinski definition) is 4. The van der Waals surface area contributed by atoms with Crippen LogP contribution in [0.4, 0.5) is 5.69 Å². The minimum atomic E-state index is -0.704. The molecule has 2 rings (SSSR count). The Morgan fingerprint density at radius 2 is 1.80 bits per heavy atom. The van der Waals surface area contributed by atoms with Crippen molar-refractivity contribution in [2.24, 2.45) is 0 Å². The van der Waals surface area contributed by atoms with E-state index in [-0.39, 0.29) is 11.6 Å². The van der Waals surface area contributed by atoms with Crippen LogP contribution >= 0.6 is 34.8 Å². The van der Waals surface area contributed by atoms with Crippen LogP contribution in [0.25, 0.3) is 0 Å². The van der Waals surface area contributed by atoms with Crippen LogP contribution in [-0.2, 0) is 14.3 Å². The van der Waals surface area contributed by atoms with Crippen LogP contribution in [0.5, 0.6) is 5.75 Å². The first-order valence-corrected chi connectivity index (χ1v) is 8.28. The average molecular weight is 403 g/mol. The fourth-order valence-corrected chi connectivity index (χ4v) is 2.35. The van der Waals surface area contributed by atoms with Gasteiger partial charge < -0.3 is 14.8 Å². The molecule has 0 saturated heterocycles. The molecule has 0 aromatic heterocycles. The van der Waals surface area contributed by atoms with Crippen LogP contribution in [0, 0.1) is 6.92 Å². The van der Waals surface area contributed by atoms with Gasteiger partial charge in [-0.3, -0.25) is 4.79 Å². The monoisotopic (exact) mass is 401 g/mol. The molecule has 8 heteroatoms. The van der Waals surface area contributed by atoms with Crippen LogP contribution in [0.2, 0.25) is 15.1 Å². The van der Waals surface area contributed by atoms with Crippen molar-refractivity contribution in [3.63, 3.8) is 0 Å². The maximum Gasteiger partial charge on any atom is 0.344 e. The number of carbonyl (C=O) groups is 2. The average Bonchev–Trinajstić information content (AvgIpc) is 2.58. The number of halogens is 3. The summed E-state index contributed by atoms with van der Waals surface area (Å²) < 4.78 is 10.1. The summed E-state index contributed by atoms with van der Waals surface area (Å²) in [7, 11) is 0. The SMILES string of the molecule is Cc1ccc(Cl)c(OCC(=O)OCC(=O)Nc2cccc(Cl)c2Cl)c1. The molecule has 0 fully saturated rings. The van der Waals surface area contributed by atoms with Gasteiger partial charge in [0.15, 0.2) is 13.2 Å². The Bertz CT molecular complexity index is 795. The third-order valence-electron chi connectivity index (χ3n) is 3.02. The highest BCUT2D eigenvalue weighted by Gasteiger charge is 2.12. The molecule has 0 atom stereocenters. The van der Waals surface area contributed by atoms with Gasteiger partial charge in [0.25, 0.3) is 5.91 Å². The summed E-state index contributed by atoms with van der Waals surface area (Å²) in [6, 6.07) is 9.99. The third-order valence-corrected chi connectivity index (χ3v) is 4.15. The number of ether oxygens (including phenoxy) is 2. The van der Waals surface area contributed by atoms with E-state index in [4.69, 9.17) is 44.3 Å². The normalized spacial score (nSPS) is 10.2. The number of carbonyl (C=O) groups excluding carboxylic acids is 2. The van der Waals surface area contributed by atoms with Crippen LogP contribution in [-0.4, -0.2) is 25.1 Å². The van der Waals surface area contributed by atoms with Crippen molar-refractivity contribution in [2.45, 2.75) is 6.92 Å². The van der Waals surface area contributed by atoms with Crippen molar-refractivity contribution >= 4 is 52.4 Å². The Balaban J connectivity index is 1.80. The number of aryl methyl sites for hydroxylation is 1. The molecule has 0 unspecified atom stereocenters. The molecule has 2 aromatic carbocycles. The first-order valence-electron chi connectivity index (χ1n) is 7.15. The van der Waals surface area contributed by atoms with E-state index in [2.05, 4.69) is 5.32 Å². The number of amides is 1. The van der Waals surface area contributed by atoms with E-state index in [1.165, 1.54) is 0 Å². The van der Waals surface area contributed by atoms with Gasteiger partial charge in [-0.05, 0) is 36.8 Å². The van der Waals surface area contributed by atoms with Gasteiger partial charge in [-0.25, -0.2) is 4.79 Å². The molecular weight excluding hydrogens is 389 g/mol. The van der Waals surface area contributed by atoms with Crippen molar-refractivity contribution in [3.05, 3.63) is 57.0 Å². The van der Waals surface area contributed by atoms with Crippen molar-refractivity contribution in [3.8, 4) is 5.75 Å². The zero-order valence-corrected chi connectivity index (χ0v) is 15.4. The van der Waals surface area contributed by atoms with Crippen LogP contribution in [0.1, 0.15) is 5.56 Å². The zero-order valence-electron chi connectivity index (χ0n) is 13.1. The minimum Gasteiger partial charge on any atom is -0.480 e. The molecular formula is C17H14Cl3NO4. The number of hydrogen-bond donors (Lipinski definition) is 1. The lowest BCUT2D eigenvalue weighted by molar-refractivity contribution is -0.149. The molecule has 0 radical (unpaired) electrons. The molecule has 0 heterocycles. The lowest BCUT2D eigenvalue weighted by Gasteiger charge is -2.10. The smallest absolute Gasteiger partial charge is 0.344 e. The summed E-state index contributed by atoms with van der Waals surface area (Å²) in [4.78, 5) is 23.5. The predicted molar refractivity (Wildman–Crippen MR) is 97.7 cm³/mol. The van der Waals surface area contributed by atoms with Crippen LogP contribution in [0.15, 0.2) is 36.4 Å². The number of esters is 1.